The number of sulfone groups is 1. The van der Waals surface area contributed by atoms with Crippen molar-refractivity contribution < 1.29 is 33.1 Å². The van der Waals surface area contributed by atoms with Crippen molar-refractivity contribution in [2.75, 3.05) is 19.3 Å². The van der Waals surface area contributed by atoms with Crippen LogP contribution in [-0.2, 0) is 21.2 Å². The number of amides is 3. The zero-order chi connectivity index (χ0) is 22.5. The highest BCUT2D eigenvalue weighted by molar-refractivity contribution is 7.92. The SMILES string of the molecule is CC(CCN1Cc2cc(C#CC#CCNC(=O)O)cn2C1=O)(C(=O)NO)S(C)(=O)=O. The summed E-state index contributed by atoms with van der Waals surface area (Å²) in [6, 6.07) is 1.29. The second-order valence-electron chi connectivity index (χ2n) is 6.70. The number of hydroxylamine groups is 1. The van der Waals surface area contributed by atoms with E-state index < -0.39 is 32.6 Å². The molecular weight excluding hydrogens is 416 g/mol. The quantitative estimate of drug-likeness (QED) is 0.268. The molecule has 160 valence electrons. The summed E-state index contributed by atoms with van der Waals surface area (Å²) < 4.78 is 23.5. The highest BCUT2D eigenvalue weighted by Crippen LogP contribution is 2.25. The van der Waals surface area contributed by atoms with Crippen LogP contribution in [0.4, 0.5) is 9.59 Å². The normalized spacial score (nSPS) is 14.5. The summed E-state index contributed by atoms with van der Waals surface area (Å²) in [6.07, 6.45) is 1.03. The van der Waals surface area contributed by atoms with Gasteiger partial charge in [0.15, 0.2) is 14.6 Å². The Bertz CT molecular complexity index is 1100. The average Bonchev–Trinajstić information content (AvgIpc) is 3.19. The highest BCUT2D eigenvalue weighted by Gasteiger charge is 2.44. The topological polar surface area (TPSA) is 158 Å². The molecule has 0 aromatic carbocycles. The first-order valence-corrected chi connectivity index (χ1v) is 10.5. The van der Waals surface area contributed by atoms with E-state index in [1.807, 2.05) is 0 Å². The summed E-state index contributed by atoms with van der Waals surface area (Å²) in [6.45, 7) is 1.33. The lowest BCUT2D eigenvalue weighted by molar-refractivity contribution is -0.131. The van der Waals surface area contributed by atoms with Gasteiger partial charge in [-0.05, 0) is 31.3 Å². The highest BCUT2D eigenvalue weighted by atomic mass is 32.2. The Kier molecular flexibility index (Phi) is 6.77. The minimum absolute atomic E-state index is 0.0133. The first kappa shape index (κ1) is 22.8. The molecule has 0 saturated carbocycles. The van der Waals surface area contributed by atoms with Crippen LogP contribution >= 0.6 is 0 Å². The van der Waals surface area contributed by atoms with Crippen LogP contribution in [0, 0.1) is 23.7 Å². The number of nitrogens with zero attached hydrogens (tertiary/aromatic N) is 2. The van der Waals surface area contributed by atoms with Crippen LogP contribution < -0.4 is 10.8 Å². The standard InChI is InChI=1S/C18H20N4O7S/c1-18(15(23)20-27,30(2,28)29)7-9-21-12-14-10-13(11-22(14)17(21)26)6-4-3-5-8-19-16(24)25/h10-11,19,27H,7-9,12H2,1-2H3,(H,20,23)(H,24,25). The minimum atomic E-state index is -3.85. The van der Waals surface area contributed by atoms with Gasteiger partial charge in [-0.1, -0.05) is 11.8 Å². The Hall–Kier alpha value is -3.48. The third-order valence-corrected chi connectivity index (χ3v) is 6.70. The molecule has 12 heteroatoms. The van der Waals surface area contributed by atoms with Crippen LogP contribution in [0.1, 0.15) is 24.6 Å². The lowest BCUT2D eigenvalue weighted by atomic mass is 10.1. The molecule has 0 aliphatic carbocycles. The van der Waals surface area contributed by atoms with Gasteiger partial charge in [0.25, 0.3) is 5.91 Å². The Labute approximate surface area is 172 Å². The van der Waals surface area contributed by atoms with Crippen molar-refractivity contribution in [3.05, 3.63) is 23.5 Å². The second kappa shape index (κ2) is 8.90. The van der Waals surface area contributed by atoms with Crippen LogP contribution in [0.3, 0.4) is 0 Å². The lowest BCUT2D eigenvalue weighted by Gasteiger charge is -2.27. The minimum Gasteiger partial charge on any atom is -0.465 e. The molecule has 0 fully saturated rings. The predicted octanol–water partition coefficient (Wildman–Crippen LogP) is -0.407. The van der Waals surface area contributed by atoms with E-state index in [0.29, 0.717) is 11.3 Å². The van der Waals surface area contributed by atoms with Crippen LogP contribution in [0.5, 0.6) is 0 Å². The van der Waals surface area contributed by atoms with Gasteiger partial charge in [-0.15, -0.1) is 0 Å². The molecule has 4 N–H and O–H groups in total. The number of hydrogen-bond donors (Lipinski definition) is 4. The Morgan fingerprint density at radius 1 is 1.33 bits per heavy atom. The molecule has 1 aliphatic rings. The Morgan fingerprint density at radius 2 is 2.03 bits per heavy atom. The third kappa shape index (κ3) is 4.92. The van der Waals surface area contributed by atoms with E-state index in [0.717, 1.165) is 6.26 Å². The van der Waals surface area contributed by atoms with Crippen molar-refractivity contribution >= 4 is 27.9 Å². The Morgan fingerprint density at radius 3 is 2.60 bits per heavy atom. The van der Waals surface area contributed by atoms with Gasteiger partial charge in [-0.25, -0.2) is 23.5 Å². The van der Waals surface area contributed by atoms with E-state index >= 15 is 0 Å². The third-order valence-electron chi connectivity index (χ3n) is 4.67. The zero-order valence-corrected chi connectivity index (χ0v) is 17.0. The van der Waals surface area contributed by atoms with Crippen molar-refractivity contribution in [3.8, 4) is 23.7 Å². The van der Waals surface area contributed by atoms with Gasteiger partial charge in [0, 0.05) is 30.3 Å². The van der Waals surface area contributed by atoms with E-state index in [2.05, 4.69) is 29.0 Å². The second-order valence-corrected chi connectivity index (χ2v) is 9.14. The fourth-order valence-corrected chi connectivity index (χ4v) is 3.56. The van der Waals surface area contributed by atoms with E-state index in [9.17, 15) is 22.8 Å². The maximum Gasteiger partial charge on any atom is 0.405 e. The molecule has 2 rings (SSSR count). The lowest BCUT2D eigenvalue weighted by Crippen LogP contribution is -2.50. The first-order chi connectivity index (χ1) is 14.0. The fourth-order valence-electron chi connectivity index (χ4n) is 2.71. The molecule has 0 radical (unpaired) electrons. The molecule has 1 aromatic heterocycles. The van der Waals surface area contributed by atoms with Crippen LogP contribution in [0.25, 0.3) is 0 Å². The molecular formula is C18H20N4O7S. The Balaban J connectivity index is 2.04. The largest absolute Gasteiger partial charge is 0.465 e. The number of carbonyl (C=O) groups excluding carboxylic acids is 2. The predicted molar refractivity (Wildman–Crippen MR) is 104 cm³/mol. The molecule has 0 spiro atoms. The van der Waals surface area contributed by atoms with Crippen molar-refractivity contribution in [2.24, 2.45) is 0 Å². The smallest absolute Gasteiger partial charge is 0.405 e. The number of aromatic nitrogens is 1. The molecule has 3 amide bonds. The summed E-state index contributed by atoms with van der Waals surface area (Å²) in [4.78, 5) is 36.1. The maximum atomic E-state index is 12.5. The number of rotatable bonds is 6. The number of hydrogen-bond acceptors (Lipinski definition) is 6. The van der Waals surface area contributed by atoms with E-state index in [4.69, 9.17) is 10.3 Å². The van der Waals surface area contributed by atoms with Gasteiger partial charge in [-0.3, -0.25) is 14.6 Å². The van der Waals surface area contributed by atoms with Gasteiger partial charge in [0.2, 0.25) is 0 Å². The number of fused-ring (bicyclic) bond motifs is 1. The number of nitrogens with one attached hydrogen (secondary N) is 2. The fraction of sp³-hybridized carbons (Fsp3) is 0.389. The van der Waals surface area contributed by atoms with E-state index in [1.54, 1.807) is 6.07 Å². The molecule has 30 heavy (non-hydrogen) atoms. The molecule has 0 bridgehead atoms. The van der Waals surface area contributed by atoms with Crippen molar-refractivity contribution in [1.29, 1.82) is 0 Å². The molecule has 1 aliphatic heterocycles. The summed E-state index contributed by atoms with van der Waals surface area (Å²) in [7, 11) is -3.85. The summed E-state index contributed by atoms with van der Waals surface area (Å²) >= 11 is 0. The molecule has 11 nitrogen and oxygen atoms in total. The van der Waals surface area contributed by atoms with Crippen LogP contribution in [0.15, 0.2) is 12.3 Å². The van der Waals surface area contributed by atoms with Gasteiger partial charge in [0.05, 0.1) is 13.1 Å². The average molecular weight is 436 g/mol. The van der Waals surface area contributed by atoms with Crippen LogP contribution in [-0.4, -0.2) is 70.3 Å². The van der Waals surface area contributed by atoms with Gasteiger partial charge < -0.3 is 15.3 Å². The monoisotopic (exact) mass is 436 g/mol. The van der Waals surface area contributed by atoms with E-state index in [1.165, 1.54) is 28.1 Å². The van der Waals surface area contributed by atoms with Gasteiger partial charge in [0.1, 0.15) is 0 Å². The number of carboxylic acid groups (broad SMARTS) is 1. The molecule has 1 atom stereocenters. The molecule has 1 aromatic rings. The van der Waals surface area contributed by atoms with Crippen molar-refractivity contribution in [2.45, 2.75) is 24.6 Å². The molecule has 1 unspecified atom stereocenters. The van der Waals surface area contributed by atoms with E-state index in [-0.39, 0.29) is 26.1 Å². The molecule has 0 saturated heterocycles. The van der Waals surface area contributed by atoms with Crippen molar-refractivity contribution in [3.63, 3.8) is 0 Å². The van der Waals surface area contributed by atoms with Gasteiger partial charge >= 0.3 is 12.1 Å². The summed E-state index contributed by atoms with van der Waals surface area (Å²) in [5.41, 5.74) is 2.55. The summed E-state index contributed by atoms with van der Waals surface area (Å²) in [5.74, 6) is 9.23. The zero-order valence-electron chi connectivity index (χ0n) is 16.2. The van der Waals surface area contributed by atoms with Crippen molar-refractivity contribution in [1.82, 2.24) is 20.3 Å². The molecule has 2 heterocycles. The van der Waals surface area contributed by atoms with Gasteiger partial charge in [-0.2, -0.15) is 0 Å². The summed E-state index contributed by atoms with van der Waals surface area (Å²) in [5, 5.41) is 19.3. The van der Waals surface area contributed by atoms with Crippen LogP contribution in [0.2, 0.25) is 0 Å². The first-order valence-electron chi connectivity index (χ1n) is 8.60. The number of carbonyl (C=O) groups is 3. The maximum absolute atomic E-state index is 12.5.